The van der Waals surface area contributed by atoms with Crippen LogP contribution in [0.5, 0.6) is 23.0 Å². The van der Waals surface area contributed by atoms with Crippen LogP contribution in [0.2, 0.25) is 5.02 Å². The molecule has 35 heavy (non-hydrogen) atoms. The summed E-state index contributed by atoms with van der Waals surface area (Å²) in [4.78, 5) is 27.3. The van der Waals surface area contributed by atoms with E-state index in [1.165, 1.54) is 18.8 Å². The van der Waals surface area contributed by atoms with Crippen molar-refractivity contribution in [1.29, 1.82) is 0 Å². The number of methoxy groups -OCH3 is 2. The predicted molar refractivity (Wildman–Crippen MR) is 133 cm³/mol. The van der Waals surface area contributed by atoms with Gasteiger partial charge < -0.3 is 18.9 Å². The van der Waals surface area contributed by atoms with Crippen LogP contribution >= 0.6 is 11.6 Å². The number of halogens is 1. The highest BCUT2D eigenvalue weighted by atomic mass is 35.5. The average Bonchev–Trinajstić information content (AvgIpc) is 3.11. The summed E-state index contributed by atoms with van der Waals surface area (Å²) in [5.74, 6) is 2.08. The Kier molecular flexibility index (Phi) is 6.13. The molecule has 0 bridgehead atoms. The van der Waals surface area contributed by atoms with Crippen molar-refractivity contribution in [2.75, 3.05) is 27.4 Å². The highest BCUT2D eigenvalue weighted by molar-refractivity contribution is 6.30. The molecule has 2 heterocycles. The fraction of sp³-hybridized carbons (Fsp3) is 0.231. The average molecular weight is 495 g/mol. The van der Waals surface area contributed by atoms with Crippen molar-refractivity contribution in [3.8, 4) is 28.7 Å². The molecule has 5 rings (SSSR count). The van der Waals surface area contributed by atoms with Crippen LogP contribution in [0.1, 0.15) is 12.0 Å². The van der Waals surface area contributed by atoms with E-state index in [0.29, 0.717) is 57.8 Å². The van der Waals surface area contributed by atoms with Crippen LogP contribution in [0.4, 0.5) is 0 Å². The molecule has 8 nitrogen and oxygen atoms in total. The zero-order valence-electron chi connectivity index (χ0n) is 19.2. The molecular formula is C26H23ClN2O6. The summed E-state index contributed by atoms with van der Waals surface area (Å²) in [7, 11) is 3.00. The number of rotatable bonds is 5. The number of hydrogen-bond acceptors (Lipinski definition) is 6. The number of aromatic nitrogens is 2. The van der Waals surface area contributed by atoms with Gasteiger partial charge in [-0.25, -0.2) is 9.36 Å². The van der Waals surface area contributed by atoms with E-state index in [4.69, 9.17) is 30.5 Å². The normalized spacial score (nSPS) is 12.9. The number of ether oxygens (including phenoxy) is 4. The van der Waals surface area contributed by atoms with E-state index in [1.807, 2.05) is 18.2 Å². The second-order valence-electron chi connectivity index (χ2n) is 8.05. The number of benzene rings is 3. The Bertz CT molecular complexity index is 1540. The smallest absolute Gasteiger partial charge is 0.336 e. The van der Waals surface area contributed by atoms with Gasteiger partial charge in [0.05, 0.1) is 50.6 Å². The monoisotopic (exact) mass is 494 g/mol. The van der Waals surface area contributed by atoms with Crippen molar-refractivity contribution in [3.63, 3.8) is 0 Å². The Morgan fingerprint density at radius 2 is 1.66 bits per heavy atom. The van der Waals surface area contributed by atoms with E-state index >= 15 is 0 Å². The third kappa shape index (κ3) is 4.21. The summed E-state index contributed by atoms with van der Waals surface area (Å²) >= 11 is 6.17. The van der Waals surface area contributed by atoms with Crippen molar-refractivity contribution < 1.29 is 18.9 Å². The van der Waals surface area contributed by atoms with Crippen LogP contribution in [-0.4, -0.2) is 36.6 Å². The summed E-state index contributed by atoms with van der Waals surface area (Å²) in [5.41, 5.74) is 0.607. The molecule has 0 unspecified atom stereocenters. The Labute approximate surface area is 205 Å². The van der Waals surface area contributed by atoms with E-state index in [0.717, 1.165) is 16.6 Å². The maximum absolute atomic E-state index is 13.8. The lowest BCUT2D eigenvalue weighted by Gasteiger charge is -2.17. The van der Waals surface area contributed by atoms with Gasteiger partial charge in [0.25, 0.3) is 5.56 Å². The third-order valence-corrected chi connectivity index (χ3v) is 6.10. The molecule has 1 aliphatic rings. The van der Waals surface area contributed by atoms with Crippen molar-refractivity contribution in [3.05, 3.63) is 86.0 Å². The van der Waals surface area contributed by atoms with Crippen LogP contribution in [0, 0.1) is 0 Å². The molecule has 1 aromatic heterocycles. The summed E-state index contributed by atoms with van der Waals surface area (Å²) in [5, 5.41) is 0.715. The maximum atomic E-state index is 13.8. The SMILES string of the molecule is COc1cc2c(=O)n(-c3cccc(Cl)c3)c(=O)n(Cc3ccc4c(c3)OCCCO4)c2cc1OC. The molecule has 0 amide bonds. The first-order valence-electron chi connectivity index (χ1n) is 11.1. The molecule has 0 saturated heterocycles. The first-order valence-corrected chi connectivity index (χ1v) is 11.4. The first-order chi connectivity index (χ1) is 17.0. The largest absolute Gasteiger partial charge is 0.493 e. The van der Waals surface area contributed by atoms with Gasteiger partial charge >= 0.3 is 5.69 Å². The van der Waals surface area contributed by atoms with Crippen LogP contribution < -0.4 is 30.2 Å². The summed E-state index contributed by atoms with van der Waals surface area (Å²) in [6, 6.07) is 15.4. The molecule has 180 valence electrons. The van der Waals surface area contributed by atoms with E-state index in [1.54, 1.807) is 36.4 Å². The third-order valence-electron chi connectivity index (χ3n) is 5.87. The molecule has 0 fully saturated rings. The molecule has 9 heteroatoms. The predicted octanol–water partition coefficient (Wildman–Crippen LogP) is 4.03. The maximum Gasteiger partial charge on any atom is 0.336 e. The van der Waals surface area contributed by atoms with Gasteiger partial charge in [-0.3, -0.25) is 9.36 Å². The minimum absolute atomic E-state index is 0.183. The molecule has 0 aliphatic carbocycles. The van der Waals surface area contributed by atoms with E-state index in [-0.39, 0.29) is 6.54 Å². The van der Waals surface area contributed by atoms with E-state index < -0.39 is 11.2 Å². The van der Waals surface area contributed by atoms with Crippen LogP contribution in [-0.2, 0) is 6.54 Å². The quantitative estimate of drug-likeness (QED) is 0.416. The molecule has 0 atom stereocenters. The minimum atomic E-state index is -0.510. The van der Waals surface area contributed by atoms with Crippen molar-refractivity contribution in [2.45, 2.75) is 13.0 Å². The zero-order chi connectivity index (χ0) is 24.5. The van der Waals surface area contributed by atoms with Crippen molar-refractivity contribution in [1.82, 2.24) is 9.13 Å². The number of nitrogens with zero attached hydrogens (tertiary/aromatic N) is 2. The van der Waals surface area contributed by atoms with Crippen molar-refractivity contribution >= 4 is 22.5 Å². The molecule has 1 aliphatic heterocycles. The van der Waals surface area contributed by atoms with Gasteiger partial charge in [0.15, 0.2) is 23.0 Å². The lowest BCUT2D eigenvalue weighted by Crippen LogP contribution is -2.39. The van der Waals surface area contributed by atoms with E-state index in [2.05, 4.69) is 0 Å². The molecule has 0 radical (unpaired) electrons. The van der Waals surface area contributed by atoms with Gasteiger partial charge in [0.1, 0.15) is 0 Å². The van der Waals surface area contributed by atoms with Gasteiger partial charge in [-0.05, 0) is 42.0 Å². The molecule has 0 saturated carbocycles. The summed E-state index contributed by atoms with van der Waals surface area (Å²) in [6.07, 6.45) is 0.792. The molecule has 4 aromatic rings. The second kappa shape index (κ2) is 9.38. The molecular weight excluding hydrogens is 472 g/mol. The topological polar surface area (TPSA) is 80.9 Å². The highest BCUT2D eigenvalue weighted by Crippen LogP contribution is 2.33. The van der Waals surface area contributed by atoms with Gasteiger partial charge in [-0.1, -0.05) is 23.7 Å². The Morgan fingerprint density at radius 1 is 0.914 bits per heavy atom. The Hall–Kier alpha value is -3.91. The minimum Gasteiger partial charge on any atom is -0.493 e. The first kappa shape index (κ1) is 22.9. The van der Waals surface area contributed by atoms with Gasteiger partial charge in [0, 0.05) is 17.5 Å². The van der Waals surface area contributed by atoms with Crippen LogP contribution in [0.25, 0.3) is 16.6 Å². The lowest BCUT2D eigenvalue weighted by atomic mass is 10.1. The fourth-order valence-electron chi connectivity index (χ4n) is 4.18. The van der Waals surface area contributed by atoms with E-state index in [9.17, 15) is 9.59 Å². The summed E-state index contributed by atoms with van der Waals surface area (Å²) in [6.45, 7) is 1.32. The molecule has 0 spiro atoms. The van der Waals surface area contributed by atoms with Gasteiger partial charge in [0.2, 0.25) is 0 Å². The molecule has 0 N–H and O–H groups in total. The molecule has 3 aromatic carbocycles. The van der Waals surface area contributed by atoms with Gasteiger partial charge in [-0.2, -0.15) is 0 Å². The Balaban J connectivity index is 1.76. The van der Waals surface area contributed by atoms with Gasteiger partial charge in [-0.15, -0.1) is 0 Å². The fourth-order valence-corrected chi connectivity index (χ4v) is 4.36. The standard InChI is InChI=1S/C26H23ClN2O6/c1-32-22-13-19-20(14-23(22)33-2)28(15-16-7-8-21-24(11-16)35-10-4-9-34-21)26(31)29(25(19)30)18-6-3-5-17(27)12-18/h3,5-8,11-14H,4,9-10,15H2,1-2H3. The highest BCUT2D eigenvalue weighted by Gasteiger charge is 2.19. The summed E-state index contributed by atoms with van der Waals surface area (Å²) < 4.78 is 25.0. The van der Waals surface area contributed by atoms with Crippen LogP contribution in [0.15, 0.2) is 64.2 Å². The second-order valence-corrected chi connectivity index (χ2v) is 8.48. The van der Waals surface area contributed by atoms with Crippen molar-refractivity contribution in [2.24, 2.45) is 0 Å². The lowest BCUT2D eigenvalue weighted by molar-refractivity contribution is 0.297. The zero-order valence-corrected chi connectivity index (χ0v) is 20.0. The number of fused-ring (bicyclic) bond motifs is 2. The Morgan fingerprint density at radius 3 is 2.40 bits per heavy atom. The number of hydrogen-bond donors (Lipinski definition) is 0. The van der Waals surface area contributed by atoms with Crippen LogP contribution in [0.3, 0.4) is 0 Å².